The van der Waals surface area contributed by atoms with Crippen LogP contribution in [0.3, 0.4) is 0 Å². The lowest BCUT2D eigenvalue weighted by atomic mass is 10.1. The molecular formula is C17H13Cl2NS. The molecular weight excluding hydrogens is 321 g/mol. The number of nitrogens with zero attached hydrogens (tertiary/aromatic N) is 1. The van der Waals surface area contributed by atoms with Gasteiger partial charge in [0, 0.05) is 17.4 Å². The maximum Gasteiger partial charge on any atom is 0.0976 e. The third-order valence-corrected chi connectivity index (χ3v) is 4.83. The van der Waals surface area contributed by atoms with Crippen molar-refractivity contribution in [2.45, 2.75) is 13.3 Å². The van der Waals surface area contributed by atoms with Gasteiger partial charge < -0.3 is 0 Å². The second-order valence-corrected chi connectivity index (χ2v) is 6.67. The Bertz CT molecular complexity index is 763. The van der Waals surface area contributed by atoms with Crippen LogP contribution in [0.4, 0.5) is 0 Å². The summed E-state index contributed by atoms with van der Waals surface area (Å²) < 4.78 is 0. The highest BCUT2D eigenvalue weighted by Crippen LogP contribution is 2.29. The van der Waals surface area contributed by atoms with Gasteiger partial charge in [-0.15, -0.1) is 11.3 Å². The van der Waals surface area contributed by atoms with Crippen LogP contribution in [-0.4, -0.2) is 4.98 Å². The summed E-state index contributed by atoms with van der Waals surface area (Å²) in [7, 11) is 0. The lowest BCUT2D eigenvalue weighted by molar-refractivity contribution is 1.14. The summed E-state index contributed by atoms with van der Waals surface area (Å²) in [5.74, 6) is 0. The highest BCUT2D eigenvalue weighted by Gasteiger charge is 2.07. The van der Waals surface area contributed by atoms with E-state index in [2.05, 4.69) is 41.6 Å². The summed E-state index contributed by atoms with van der Waals surface area (Å²) in [5, 5.41) is 4.28. The summed E-state index contributed by atoms with van der Waals surface area (Å²) >= 11 is 13.7. The Balaban J connectivity index is 1.82. The van der Waals surface area contributed by atoms with E-state index in [1.807, 2.05) is 12.1 Å². The molecule has 0 unspecified atom stereocenters. The van der Waals surface area contributed by atoms with Crippen molar-refractivity contribution in [3.63, 3.8) is 0 Å². The first-order valence-electron chi connectivity index (χ1n) is 6.57. The van der Waals surface area contributed by atoms with E-state index in [-0.39, 0.29) is 0 Å². The molecule has 0 aliphatic rings. The molecule has 0 N–H and O–H groups in total. The Labute approximate surface area is 138 Å². The van der Waals surface area contributed by atoms with Crippen LogP contribution in [0.5, 0.6) is 0 Å². The number of thiazole rings is 1. The fourth-order valence-corrected chi connectivity index (χ4v) is 3.20. The lowest BCUT2D eigenvalue weighted by Gasteiger charge is -2.00. The number of rotatable bonds is 3. The fraction of sp³-hybridized carbons (Fsp3) is 0.118. The van der Waals surface area contributed by atoms with E-state index in [0.717, 1.165) is 22.7 Å². The lowest BCUT2D eigenvalue weighted by Crippen LogP contribution is -1.88. The molecule has 0 amide bonds. The van der Waals surface area contributed by atoms with Gasteiger partial charge in [0.05, 0.1) is 20.7 Å². The average Bonchev–Trinajstić information content (AvgIpc) is 2.93. The van der Waals surface area contributed by atoms with Crippen LogP contribution in [-0.2, 0) is 6.42 Å². The van der Waals surface area contributed by atoms with Crippen LogP contribution in [0.2, 0.25) is 10.0 Å². The third kappa shape index (κ3) is 3.46. The first-order chi connectivity index (χ1) is 10.1. The Morgan fingerprint density at radius 1 is 1.00 bits per heavy atom. The number of aryl methyl sites for hydroxylation is 1. The van der Waals surface area contributed by atoms with Crippen LogP contribution >= 0.6 is 34.5 Å². The number of halogens is 2. The van der Waals surface area contributed by atoms with Crippen LogP contribution < -0.4 is 0 Å². The quantitative estimate of drug-likeness (QED) is 0.571. The van der Waals surface area contributed by atoms with Crippen LogP contribution in [0.1, 0.15) is 16.1 Å². The Morgan fingerprint density at radius 3 is 2.48 bits per heavy atom. The fourth-order valence-electron chi connectivity index (χ4n) is 2.06. The van der Waals surface area contributed by atoms with Gasteiger partial charge >= 0.3 is 0 Å². The average molecular weight is 334 g/mol. The van der Waals surface area contributed by atoms with Gasteiger partial charge in [0.2, 0.25) is 0 Å². The number of hydrogen-bond donors (Lipinski definition) is 0. The van der Waals surface area contributed by atoms with Crippen molar-refractivity contribution >= 4 is 34.5 Å². The molecule has 0 bridgehead atoms. The second-order valence-electron chi connectivity index (χ2n) is 4.92. The van der Waals surface area contributed by atoms with Crippen LogP contribution in [0.25, 0.3) is 11.3 Å². The molecule has 0 spiro atoms. The van der Waals surface area contributed by atoms with Crippen molar-refractivity contribution in [3.8, 4) is 11.3 Å². The van der Waals surface area contributed by atoms with E-state index >= 15 is 0 Å². The zero-order valence-electron chi connectivity index (χ0n) is 11.4. The first kappa shape index (κ1) is 14.6. The molecule has 0 aliphatic carbocycles. The first-order valence-corrected chi connectivity index (χ1v) is 8.21. The van der Waals surface area contributed by atoms with Crippen molar-refractivity contribution in [1.29, 1.82) is 0 Å². The molecule has 0 saturated heterocycles. The molecule has 0 atom stereocenters. The van der Waals surface area contributed by atoms with Crippen molar-refractivity contribution in [3.05, 3.63) is 74.0 Å². The standard InChI is InChI=1S/C17H13Cl2NS/c1-11-2-4-12(5-3-11)8-17-20-16(10-21-17)13-6-7-14(18)15(19)9-13/h2-7,9-10H,8H2,1H3. The zero-order chi connectivity index (χ0) is 14.8. The molecule has 3 rings (SSSR count). The van der Waals surface area contributed by atoms with Gasteiger partial charge in [-0.3, -0.25) is 0 Å². The molecule has 0 aliphatic heterocycles. The van der Waals surface area contributed by atoms with Gasteiger partial charge in [0.1, 0.15) is 0 Å². The molecule has 1 nitrogen and oxygen atoms in total. The predicted molar refractivity (Wildman–Crippen MR) is 91.6 cm³/mol. The van der Waals surface area contributed by atoms with Gasteiger partial charge in [-0.05, 0) is 24.6 Å². The molecule has 1 heterocycles. The van der Waals surface area contributed by atoms with Gasteiger partial charge in [0.15, 0.2) is 0 Å². The molecule has 1 aromatic heterocycles. The third-order valence-electron chi connectivity index (χ3n) is 3.24. The topological polar surface area (TPSA) is 12.9 Å². The predicted octanol–water partition coefficient (Wildman–Crippen LogP) is 6.02. The van der Waals surface area contributed by atoms with Gasteiger partial charge in [-0.25, -0.2) is 4.98 Å². The minimum atomic E-state index is 0.558. The second kappa shape index (κ2) is 6.18. The smallest absolute Gasteiger partial charge is 0.0976 e. The molecule has 0 radical (unpaired) electrons. The van der Waals surface area contributed by atoms with E-state index in [4.69, 9.17) is 23.2 Å². The van der Waals surface area contributed by atoms with Crippen molar-refractivity contribution < 1.29 is 0 Å². The van der Waals surface area contributed by atoms with Gasteiger partial charge in [-0.2, -0.15) is 0 Å². The van der Waals surface area contributed by atoms with Crippen LogP contribution in [0.15, 0.2) is 47.8 Å². The maximum absolute atomic E-state index is 6.06. The van der Waals surface area contributed by atoms with E-state index in [0.29, 0.717) is 10.0 Å². The molecule has 21 heavy (non-hydrogen) atoms. The van der Waals surface area contributed by atoms with Crippen molar-refractivity contribution in [2.24, 2.45) is 0 Å². The number of hydrogen-bond acceptors (Lipinski definition) is 2. The van der Waals surface area contributed by atoms with E-state index < -0.39 is 0 Å². The van der Waals surface area contributed by atoms with E-state index in [9.17, 15) is 0 Å². The monoisotopic (exact) mass is 333 g/mol. The highest BCUT2D eigenvalue weighted by atomic mass is 35.5. The maximum atomic E-state index is 6.06. The molecule has 106 valence electrons. The van der Waals surface area contributed by atoms with E-state index in [1.54, 1.807) is 17.4 Å². The van der Waals surface area contributed by atoms with Crippen molar-refractivity contribution in [1.82, 2.24) is 4.98 Å². The zero-order valence-corrected chi connectivity index (χ0v) is 13.8. The Kier molecular flexibility index (Phi) is 4.29. The van der Waals surface area contributed by atoms with Gasteiger partial charge in [0.25, 0.3) is 0 Å². The summed E-state index contributed by atoms with van der Waals surface area (Å²) in [5.41, 5.74) is 4.49. The summed E-state index contributed by atoms with van der Waals surface area (Å²) in [6, 6.07) is 14.2. The van der Waals surface area contributed by atoms with Gasteiger partial charge in [-0.1, -0.05) is 59.1 Å². The Morgan fingerprint density at radius 2 is 1.76 bits per heavy atom. The summed E-state index contributed by atoms with van der Waals surface area (Å²) in [6.45, 7) is 2.09. The number of benzene rings is 2. The molecule has 4 heteroatoms. The largest absolute Gasteiger partial charge is 0.241 e. The summed E-state index contributed by atoms with van der Waals surface area (Å²) in [6.07, 6.45) is 0.853. The molecule has 0 fully saturated rings. The molecule has 3 aromatic rings. The molecule has 2 aromatic carbocycles. The van der Waals surface area contributed by atoms with Crippen LogP contribution in [0, 0.1) is 6.92 Å². The SMILES string of the molecule is Cc1ccc(Cc2nc(-c3ccc(Cl)c(Cl)c3)cs2)cc1. The van der Waals surface area contributed by atoms with E-state index in [1.165, 1.54) is 11.1 Å². The minimum absolute atomic E-state index is 0.558. The minimum Gasteiger partial charge on any atom is -0.241 e. The summed E-state index contributed by atoms with van der Waals surface area (Å²) in [4.78, 5) is 4.69. The molecule has 0 saturated carbocycles. The normalized spacial score (nSPS) is 10.8. The number of aromatic nitrogens is 1. The highest BCUT2D eigenvalue weighted by molar-refractivity contribution is 7.10. The Hall–Kier alpha value is -1.35. The van der Waals surface area contributed by atoms with Crippen molar-refractivity contribution in [2.75, 3.05) is 0 Å².